The molecule has 1 aliphatic carbocycles. The Kier molecular flexibility index (Phi) is 2.87. The fourth-order valence-corrected chi connectivity index (χ4v) is 2.98. The molecule has 1 aromatic heterocycles. The van der Waals surface area contributed by atoms with Crippen molar-refractivity contribution in [2.45, 2.75) is 43.6 Å². The van der Waals surface area contributed by atoms with Gasteiger partial charge < -0.3 is 4.42 Å². The molecule has 0 amide bonds. The molecule has 0 radical (unpaired) electrons. The van der Waals surface area contributed by atoms with E-state index in [-0.39, 0.29) is 10.7 Å². The second-order valence-corrected chi connectivity index (χ2v) is 5.79. The topological polar surface area (TPSA) is 43.1 Å². The molecule has 0 N–H and O–H groups in total. The molecule has 1 unspecified atom stereocenters. The third-order valence-corrected chi connectivity index (χ3v) is 4.48. The van der Waals surface area contributed by atoms with Gasteiger partial charge in [0.1, 0.15) is 12.0 Å². The van der Waals surface area contributed by atoms with E-state index in [2.05, 4.69) is 18.8 Å². The average Bonchev–Trinajstić information content (AvgIpc) is 2.65. The van der Waals surface area contributed by atoms with Crippen molar-refractivity contribution in [2.75, 3.05) is 0 Å². The molecule has 0 aromatic carbocycles. The van der Waals surface area contributed by atoms with Crippen molar-refractivity contribution < 1.29 is 9.21 Å². The molecule has 1 aromatic rings. The highest BCUT2D eigenvalue weighted by Gasteiger charge is 2.37. The van der Waals surface area contributed by atoms with Crippen LogP contribution in [0.3, 0.4) is 0 Å². The third-order valence-electron chi connectivity index (χ3n) is 2.99. The van der Waals surface area contributed by atoms with Gasteiger partial charge in [0.2, 0.25) is 0 Å². The molecule has 1 fully saturated rings. The predicted octanol–water partition coefficient (Wildman–Crippen LogP) is 2.91. The maximum atomic E-state index is 11.4. The normalized spacial score (nSPS) is 25.5. The first-order chi connectivity index (χ1) is 7.08. The molecular weight excluding hydrogens is 210 g/mol. The van der Waals surface area contributed by atoms with Crippen molar-refractivity contribution in [3.8, 4) is 0 Å². The number of oxazole rings is 1. The second-order valence-electron chi connectivity index (χ2n) is 4.64. The zero-order valence-corrected chi connectivity index (χ0v) is 9.84. The summed E-state index contributed by atoms with van der Waals surface area (Å²) in [5, 5.41) is 0.958. The fourth-order valence-electron chi connectivity index (χ4n) is 1.80. The van der Waals surface area contributed by atoms with Crippen molar-refractivity contribution >= 4 is 17.5 Å². The maximum absolute atomic E-state index is 11.4. The molecule has 1 saturated carbocycles. The lowest BCUT2D eigenvalue weighted by Crippen LogP contribution is -2.34. The van der Waals surface area contributed by atoms with E-state index in [1.54, 1.807) is 24.2 Å². The highest BCUT2D eigenvalue weighted by atomic mass is 32.2. The summed E-state index contributed by atoms with van der Waals surface area (Å²) >= 11 is 1.58. The van der Waals surface area contributed by atoms with E-state index in [0.29, 0.717) is 17.4 Å². The van der Waals surface area contributed by atoms with E-state index in [1.807, 2.05) is 0 Å². The highest BCUT2D eigenvalue weighted by Crippen LogP contribution is 2.43. The number of nitrogens with zero attached hydrogens (tertiary/aromatic N) is 1. The van der Waals surface area contributed by atoms with Crippen molar-refractivity contribution in [3.05, 3.63) is 12.5 Å². The lowest BCUT2D eigenvalue weighted by atomic mass is 9.76. The number of hydrogen-bond donors (Lipinski definition) is 0. The molecular formula is C11H15NO2S. The average molecular weight is 225 g/mol. The first-order valence-electron chi connectivity index (χ1n) is 5.16. The van der Waals surface area contributed by atoms with E-state index < -0.39 is 0 Å². The Labute approximate surface area is 93.6 Å². The molecule has 15 heavy (non-hydrogen) atoms. The van der Waals surface area contributed by atoms with Crippen LogP contribution in [0.2, 0.25) is 0 Å². The molecule has 82 valence electrons. The van der Waals surface area contributed by atoms with Gasteiger partial charge in [-0.3, -0.25) is 4.79 Å². The van der Waals surface area contributed by atoms with Gasteiger partial charge in [0.25, 0.3) is 5.22 Å². The van der Waals surface area contributed by atoms with Crippen LogP contribution >= 0.6 is 11.8 Å². The van der Waals surface area contributed by atoms with Crippen molar-refractivity contribution in [1.82, 2.24) is 4.98 Å². The van der Waals surface area contributed by atoms with Crippen LogP contribution in [0.25, 0.3) is 0 Å². The minimum atomic E-state index is 0.188. The van der Waals surface area contributed by atoms with E-state index >= 15 is 0 Å². The van der Waals surface area contributed by atoms with Crippen LogP contribution in [0.15, 0.2) is 22.1 Å². The summed E-state index contributed by atoms with van der Waals surface area (Å²) in [5.74, 6) is 0.360. The third kappa shape index (κ3) is 2.43. The summed E-state index contributed by atoms with van der Waals surface area (Å²) < 4.78 is 5.21. The number of carbonyl (C=O) groups excluding carboxylic acids is 1. The summed E-state index contributed by atoms with van der Waals surface area (Å²) in [6, 6.07) is 0. The Balaban J connectivity index is 2.08. The minimum absolute atomic E-state index is 0.188. The Morgan fingerprint density at radius 2 is 2.40 bits per heavy atom. The molecule has 0 aliphatic heterocycles. The molecule has 2 rings (SSSR count). The van der Waals surface area contributed by atoms with Gasteiger partial charge in [-0.05, 0) is 11.8 Å². The van der Waals surface area contributed by atoms with Gasteiger partial charge in [-0.15, -0.1) is 0 Å². The van der Waals surface area contributed by atoms with Gasteiger partial charge in [-0.25, -0.2) is 4.98 Å². The van der Waals surface area contributed by atoms with Crippen LogP contribution < -0.4 is 0 Å². The number of Topliss-reactive ketones (excluding diaryl/α,β-unsaturated/α-hetero) is 1. The van der Waals surface area contributed by atoms with Crippen LogP contribution in [0, 0.1) is 5.41 Å². The number of ketones is 1. The predicted molar refractivity (Wildman–Crippen MR) is 58.8 cm³/mol. The van der Waals surface area contributed by atoms with E-state index in [1.165, 1.54) is 0 Å². The molecule has 3 nitrogen and oxygen atoms in total. The van der Waals surface area contributed by atoms with E-state index in [4.69, 9.17) is 4.42 Å². The standard InChI is InChI=1S/C11H15NO2S/c1-11(2)4-3-8(13)7-9(11)15-10-12-5-6-14-10/h5-6,9H,3-4,7H2,1-2H3. The minimum Gasteiger partial charge on any atom is -0.440 e. The van der Waals surface area contributed by atoms with E-state index in [9.17, 15) is 4.79 Å². The zero-order chi connectivity index (χ0) is 10.9. The van der Waals surface area contributed by atoms with Gasteiger partial charge in [0, 0.05) is 18.1 Å². The number of hydrogen-bond acceptors (Lipinski definition) is 4. The molecule has 1 atom stereocenters. The lowest BCUT2D eigenvalue weighted by Gasteiger charge is -2.36. The Bertz CT molecular complexity index is 345. The Morgan fingerprint density at radius 1 is 1.60 bits per heavy atom. The number of carbonyl (C=O) groups is 1. The molecule has 0 bridgehead atoms. The van der Waals surface area contributed by atoms with Gasteiger partial charge in [-0.1, -0.05) is 25.6 Å². The Morgan fingerprint density at radius 3 is 3.07 bits per heavy atom. The highest BCUT2D eigenvalue weighted by molar-refractivity contribution is 7.99. The molecule has 4 heteroatoms. The summed E-state index contributed by atoms with van der Waals surface area (Å²) in [5.41, 5.74) is 0.188. The lowest BCUT2D eigenvalue weighted by molar-refractivity contribution is -0.121. The molecule has 1 heterocycles. The first kappa shape index (κ1) is 10.7. The number of thioether (sulfide) groups is 1. The number of rotatable bonds is 2. The quantitative estimate of drug-likeness (QED) is 0.776. The molecule has 1 aliphatic rings. The number of aromatic nitrogens is 1. The SMILES string of the molecule is CC1(C)CCC(=O)CC1Sc1ncco1. The van der Waals surface area contributed by atoms with E-state index in [0.717, 1.165) is 12.8 Å². The van der Waals surface area contributed by atoms with Crippen molar-refractivity contribution in [2.24, 2.45) is 5.41 Å². The first-order valence-corrected chi connectivity index (χ1v) is 6.04. The Hall–Kier alpha value is -0.770. The van der Waals surface area contributed by atoms with Crippen molar-refractivity contribution in [1.29, 1.82) is 0 Å². The summed E-state index contributed by atoms with van der Waals surface area (Å²) in [6.45, 7) is 4.42. The largest absolute Gasteiger partial charge is 0.440 e. The van der Waals surface area contributed by atoms with Crippen LogP contribution in [0.5, 0.6) is 0 Å². The fraction of sp³-hybridized carbons (Fsp3) is 0.636. The molecule has 0 spiro atoms. The molecule has 0 saturated heterocycles. The monoisotopic (exact) mass is 225 g/mol. The van der Waals surface area contributed by atoms with Gasteiger partial charge in [-0.2, -0.15) is 0 Å². The summed E-state index contributed by atoms with van der Waals surface area (Å²) in [6.07, 6.45) is 5.53. The van der Waals surface area contributed by atoms with Crippen LogP contribution in [0.1, 0.15) is 33.1 Å². The van der Waals surface area contributed by atoms with Gasteiger partial charge >= 0.3 is 0 Å². The van der Waals surface area contributed by atoms with Gasteiger partial charge in [0.15, 0.2) is 0 Å². The van der Waals surface area contributed by atoms with Gasteiger partial charge in [0.05, 0.1) is 6.20 Å². The summed E-state index contributed by atoms with van der Waals surface area (Å²) in [4.78, 5) is 15.5. The second kappa shape index (κ2) is 4.00. The van der Waals surface area contributed by atoms with Crippen LogP contribution in [0.4, 0.5) is 0 Å². The van der Waals surface area contributed by atoms with Crippen LogP contribution in [-0.2, 0) is 4.79 Å². The van der Waals surface area contributed by atoms with Crippen LogP contribution in [-0.4, -0.2) is 16.0 Å². The van der Waals surface area contributed by atoms with Crippen molar-refractivity contribution in [3.63, 3.8) is 0 Å². The smallest absolute Gasteiger partial charge is 0.255 e. The maximum Gasteiger partial charge on any atom is 0.255 e. The summed E-state index contributed by atoms with van der Waals surface area (Å²) in [7, 11) is 0. The zero-order valence-electron chi connectivity index (χ0n) is 9.03.